The van der Waals surface area contributed by atoms with Gasteiger partial charge in [-0.3, -0.25) is 9.59 Å². The maximum Gasteiger partial charge on any atom is 0.291 e. The number of anilines is 1. The van der Waals surface area contributed by atoms with Gasteiger partial charge >= 0.3 is 0 Å². The van der Waals surface area contributed by atoms with Gasteiger partial charge < -0.3 is 19.8 Å². The minimum atomic E-state index is -0.311. The SMILES string of the molecule is O=C(COc1ccccc1)NCc1ccc(NC(=O)c2ccco2)cc1. The predicted octanol–water partition coefficient (Wildman–Crippen LogP) is 3.23. The molecule has 6 heteroatoms. The first-order chi connectivity index (χ1) is 12.7. The van der Waals surface area contributed by atoms with Crippen LogP contribution < -0.4 is 15.4 Å². The quantitative estimate of drug-likeness (QED) is 0.685. The fraction of sp³-hybridized carbons (Fsp3) is 0.100. The molecule has 0 saturated heterocycles. The Kier molecular flexibility index (Phi) is 5.67. The lowest BCUT2D eigenvalue weighted by atomic mass is 10.2. The standard InChI is InChI=1S/C20H18N2O4/c23-19(14-26-17-5-2-1-3-6-17)21-13-15-8-10-16(11-9-15)22-20(24)18-7-4-12-25-18/h1-12H,13-14H2,(H,21,23)(H,22,24). The summed E-state index contributed by atoms with van der Waals surface area (Å²) in [6.07, 6.45) is 1.45. The van der Waals surface area contributed by atoms with E-state index in [-0.39, 0.29) is 24.2 Å². The molecule has 1 aromatic heterocycles. The highest BCUT2D eigenvalue weighted by Gasteiger charge is 2.08. The van der Waals surface area contributed by atoms with Crippen LogP contribution in [-0.2, 0) is 11.3 Å². The normalized spacial score (nSPS) is 10.2. The van der Waals surface area contributed by atoms with E-state index in [2.05, 4.69) is 10.6 Å². The Morgan fingerprint density at radius 1 is 0.923 bits per heavy atom. The van der Waals surface area contributed by atoms with Gasteiger partial charge in [-0.1, -0.05) is 30.3 Å². The molecule has 2 aromatic carbocycles. The summed E-state index contributed by atoms with van der Waals surface area (Å²) in [5, 5.41) is 5.52. The molecule has 0 aliphatic heterocycles. The molecule has 0 radical (unpaired) electrons. The Morgan fingerprint density at radius 3 is 2.38 bits per heavy atom. The van der Waals surface area contributed by atoms with Crippen LogP contribution in [0.5, 0.6) is 5.75 Å². The molecule has 3 rings (SSSR count). The number of benzene rings is 2. The minimum Gasteiger partial charge on any atom is -0.484 e. The number of hydrogen-bond acceptors (Lipinski definition) is 4. The van der Waals surface area contributed by atoms with Crippen molar-refractivity contribution in [3.05, 3.63) is 84.3 Å². The third-order valence-electron chi connectivity index (χ3n) is 3.56. The fourth-order valence-electron chi connectivity index (χ4n) is 2.22. The Hall–Kier alpha value is -3.54. The monoisotopic (exact) mass is 350 g/mol. The van der Waals surface area contributed by atoms with Crippen molar-refractivity contribution in [2.24, 2.45) is 0 Å². The molecule has 26 heavy (non-hydrogen) atoms. The highest BCUT2D eigenvalue weighted by atomic mass is 16.5. The lowest BCUT2D eigenvalue weighted by Gasteiger charge is -2.08. The molecule has 2 amide bonds. The van der Waals surface area contributed by atoms with Gasteiger partial charge in [0.1, 0.15) is 5.75 Å². The zero-order chi connectivity index (χ0) is 18.2. The summed E-state index contributed by atoms with van der Waals surface area (Å²) >= 11 is 0. The van der Waals surface area contributed by atoms with Crippen molar-refractivity contribution in [3.8, 4) is 5.75 Å². The lowest BCUT2D eigenvalue weighted by molar-refractivity contribution is -0.123. The zero-order valence-corrected chi connectivity index (χ0v) is 14.0. The van der Waals surface area contributed by atoms with Gasteiger partial charge in [0.25, 0.3) is 11.8 Å². The largest absolute Gasteiger partial charge is 0.484 e. The van der Waals surface area contributed by atoms with Crippen LogP contribution in [-0.4, -0.2) is 18.4 Å². The number of para-hydroxylation sites is 1. The summed E-state index contributed by atoms with van der Waals surface area (Å²) in [6, 6.07) is 19.6. The molecule has 6 nitrogen and oxygen atoms in total. The van der Waals surface area contributed by atoms with Crippen LogP contribution in [0, 0.1) is 0 Å². The molecule has 2 N–H and O–H groups in total. The molecule has 0 saturated carbocycles. The minimum absolute atomic E-state index is 0.0404. The van der Waals surface area contributed by atoms with Crippen molar-refractivity contribution in [3.63, 3.8) is 0 Å². The first kappa shape index (κ1) is 17.3. The summed E-state index contributed by atoms with van der Waals surface area (Å²) in [7, 11) is 0. The van der Waals surface area contributed by atoms with Gasteiger partial charge in [0.05, 0.1) is 6.26 Å². The summed E-state index contributed by atoms with van der Waals surface area (Å²) < 4.78 is 10.4. The molecule has 0 unspecified atom stereocenters. The van der Waals surface area contributed by atoms with Gasteiger partial charge in [-0.05, 0) is 42.0 Å². The molecule has 132 valence electrons. The number of nitrogens with one attached hydrogen (secondary N) is 2. The molecular weight excluding hydrogens is 332 g/mol. The van der Waals surface area contributed by atoms with Gasteiger partial charge in [0.2, 0.25) is 0 Å². The van der Waals surface area contributed by atoms with Crippen LogP contribution in [0.25, 0.3) is 0 Å². The summed E-state index contributed by atoms with van der Waals surface area (Å²) in [5.41, 5.74) is 1.56. The highest BCUT2D eigenvalue weighted by Crippen LogP contribution is 2.12. The van der Waals surface area contributed by atoms with Crippen molar-refractivity contribution < 1.29 is 18.7 Å². The molecule has 0 aliphatic carbocycles. The average molecular weight is 350 g/mol. The molecule has 0 aliphatic rings. The second-order valence-corrected chi connectivity index (χ2v) is 5.51. The molecule has 3 aromatic rings. The number of carbonyl (C=O) groups is 2. The van der Waals surface area contributed by atoms with E-state index in [1.54, 1.807) is 36.4 Å². The molecule has 0 fully saturated rings. The topological polar surface area (TPSA) is 80.6 Å². The van der Waals surface area contributed by atoms with E-state index in [0.717, 1.165) is 5.56 Å². The summed E-state index contributed by atoms with van der Waals surface area (Å²) in [6.45, 7) is 0.338. The van der Waals surface area contributed by atoms with Crippen LogP contribution in [0.2, 0.25) is 0 Å². The lowest BCUT2D eigenvalue weighted by Crippen LogP contribution is -2.28. The molecule has 0 spiro atoms. The first-order valence-electron chi connectivity index (χ1n) is 8.09. The third kappa shape index (κ3) is 4.98. The van der Waals surface area contributed by atoms with Gasteiger partial charge in [0, 0.05) is 12.2 Å². The number of carbonyl (C=O) groups excluding carboxylic acids is 2. The maximum atomic E-state index is 11.9. The average Bonchev–Trinajstić information content (AvgIpc) is 3.22. The van der Waals surface area contributed by atoms with Crippen molar-refractivity contribution in [2.45, 2.75) is 6.54 Å². The van der Waals surface area contributed by atoms with Gasteiger partial charge in [-0.15, -0.1) is 0 Å². The smallest absolute Gasteiger partial charge is 0.291 e. The van der Waals surface area contributed by atoms with Crippen LogP contribution in [0.4, 0.5) is 5.69 Å². The van der Waals surface area contributed by atoms with E-state index in [1.165, 1.54) is 6.26 Å². The van der Waals surface area contributed by atoms with Gasteiger partial charge in [-0.2, -0.15) is 0 Å². The molecule has 0 atom stereocenters. The fourth-order valence-corrected chi connectivity index (χ4v) is 2.22. The third-order valence-corrected chi connectivity index (χ3v) is 3.56. The second-order valence-electron chi connectivity index (χ2n) is 5.51. The number of ether oxygens (including phenoxy) is 1. The van der Waals surface area contributed by atoms with Crippen LogP contribution in [0.1, 0.15) is 16.1 Å². The molecule has 0 bridgehead atoms. The highest BCUT2D eigenvalue weighted by molar-refractivity contribution is 6.02. The number of rotatable bonds is 7. The number of amides is 2. The van der Waals surface area contributed by atoms with E-state index in [9.17, 15) is 9.59 Å². The maximum absolute atomic E-state index is 11.9. The number of furan rings is 1. The second kappa shape index (κ2) is 8.53. The van der Waals surface area contributed by atoms with Gasteiger partial charge in [0.15, 0.2) is 12.4 Å². The van der Waals surface area contributed by atoms with Crippen molar-refractivity contribution in [2.75, 3.05) is 11.9 Å². The van der Waals surface area contributed by atoms with E-state index < -0.39 is 0 Å². The van der Waals surface area contributed by atoms with Crippen molar-refractivity contribution >= 4 is 17.5 Å². The van der Waals surface area contributed by atoms with E-state index >= 15 is 0 Å². The van der Waals surface area contributed by atoms with E-state index in [4.69, 9.17) is 9.15 Å². The molecule has 1 heterocycles. The van der Waals surface area contributed by atoms with Crippen molar-refractivity contribution in [1.82, 2.24) is 5.32 Å². The van der Waals surface area contributed by atoms with Gasteiger partial charge in [-0.25, -0.2) is 0 Å². The Balaban J connectivity index is 1.44. The van der Waals surface area contributed by atoms with E-state index in [1.807, 2.05) is 30.3 Å². The molecular formula is C20H18N2O4. The van der Waals surface area contributed by atoms with Crippen LogP contribution in [0.3, 0.4) is 0 Å². The first-order valence-corrected chi connectivity index (χ1v) is 8.09. The Labute approximate surface area is 150 Å². The van der Waals surface area contributed by atoms with Crippen LogP contribution in [0.15, 0.2) is 77.4 Å². The summed E-state index contributed by atoms with van der Waals surface area (Å²) in [4.78, 5) is 23.7. The predicted molar refractivity (Wildman–Crippen MR) is 96.9 cm³/mol. The van der Waals surface area contributed by atoms with Crippen LogP contribution >= 0.6 is 0 Å². The van der Waals surface area contributed by atoms with E-state index in [0.29, 0.717) is 18.0 Å². The zero-order valence-electron chi connectivity index (χ0n) is 14.0. The summed E-state index contributed by atoms with van der Waals surface area (Å²) in [5.74, 6) is 0.386. The Bertz CT molecular complexity index is 843. The number of hydrogen-bond donors (Lipinski definition) is 2. The Morgan fingerprint density at radius 2 is 1.69 bits per heavy atom. The van der Waals surface area contributed by atoms with Crippen molar-refractivity contribution in [1.29, 1.82) is 0 Å².